The first-order chi connectivity index (χ1) is 11.2. The Morgan fingerprint density at radius 3 is 2.48 bits per heavy atom. The molecule has 23 heavy (non-hydrogen) atoms. The minimum absolute atomic E-state index is 0.0539. The number of nitrogens with one attached hydrogen (secondary N) is 1. The Morgan fingerprint density at radius 1 is 1.13 bits per heavy atom. The number of phenols is 1. The lowest BCUT2D eigenvalue weighted by atomic mass is 10.2. The fourth-order valence-corrected chi connectivity index (χ4v) is 2.44. The summed E-state index contributed by atoms with van der Waals surface area (Å²) in [4.78, 5) is 18.3. The normalized spacial score (nSPS) is 13.6. The molecule has 1 fully saturated rings. The van der Waals surface area contributed by atoms with Gasteiger partial charge in [-0.2, -0.15) is 0 Å². The molecule has 1 aliphatic rings. The van der Waals surface area contributed by atoms with Crippen molar-refractivity contribution in [2.75, 3.05) is 6.54 Å². The van der Waals surface area contributed by atoms with E-state index in [1.807, 2.05) is 29.2 Å². The second kappa shape index (κ2) is 7.13. The molecule has 0 atom stereocenters. The van der Waals surface area contributed by atoms with Crippen molar-refractivity contribution in [3.05, 3.63) is 59.9 Å². The van der Waals surface area contributed by atoms with E-state index in [-0.39, 0.29) is 11.8 Å². The smallest absolute Gasteiger partial charge is 0.317 e. The van der Waals surface area contributed by atoms with Crippen LogP contribution >= 0.6 is 0 Å². The van der Waals surface area contributed by atoms with Crippen LogP contribution in [-0.2, 0) is 13.1 Å². The number of aromatic nitrogens is 1. The van der Waals surface area contributed by atoms with E-state index in [1.54, 1.807) is 24.5 Å². The van der Waals surface area contributed by atoms with E-state index < -0.39 is 0 Å². The molecule has 2 amide bonds. The van der Waals surface area contributed by atoms with Gasteiger partial charge in [-0.15, -0.1) is 0 Å². The highest BCUT2D eigenvalue weighted by atomic mass is 16.3. The van der Waals surface area contributed by atoms with Crippen LogP contribution in [0.4, 0.5) is 4.79 Å². The average molecular weight is 311 g/mol. The Morgan fingerprint density at radius 2 is 1.83 bits per heavy atom. The lowest BCUT2D eigenvalue weighted by Crippen LogP contribution is -2.40. The van der Waals surface area contributed by atoms with Crippen LogP contribution in [0.15, 0.2) is 48.8 Å². The van der Waals surface area contributed by atoms with Gasteiger partial charge < -0.3 is 15.3 Å². The second-order valence-electron chi connectivity index (χ2n) is 6.00. The SMILES string of the molecule is O=C(NCc1ccncc1)N(Cc1ccc(O)cc1)CC1CC1. The van der Waals surface area contributed by atoms with Gasteiger partial charge in [0.15, 0.2) is 0 Å². The third-order valence-corrected chi connectivity index (χ3v) is 3.97. The number of aromatic hydroxyl groups is 1. The number of nitrogens with zero attached hydrogens (tertiary/aromatic N) is 2. The molecule has 1 aliphatic carbocycles. The van der Waals surface area contributed by atoms with Gasteiger partial charge in [0.25, 0.3) is 0 Å². The van der Waals surface area contributed by atoms with Crippen LogP contribution in [0, 0.1) is 5.92 Å². The molecule has 1 aromatic heterocycles. The number of carbonyl (C=O) groups excluding carboxylic acids is 1. The number of hydrogen-bond donors (Lipinski definition) is 2. The van der Waals surface area contributed by atoms with Crippen LogP contribution in [0.3, 0.4) is 0 Å². The summed E-state index contributed by atoms with van der Waals surface area (Å²) in [6.07, 6.45) is 5.84. The van der Waals surface area contributed by atoms with Gasteiger partial charge in [0.05, 0.1) is 0 Å². The molecular formula is C18H21N3O2. The lowest BCUT2D eigenvalue weighted by molar-refractivity contribution is 0.192. The summed E-state index contributed by atoms with van der Waals surface area (Å²) in [7, 11) is 0. The number of rotatable bonds is 6. The highest BCUT2D eigenvalue weighted by Crippen LogP contribution is 2.30. The first-order valence-electron chi connectivity index (χ1n) is 7.90. The molecule has 1 saturated carbocycles. The molecule has 120 valence electrons. The van der Waals surface area contributed by atoms with Crippen molar-refractivity contribution in [3.8, 4) is 5.75 Å². The van der Waals surface area contributed by atoms with E-state index in [9.17, 15) is 9.90 Å². The predicted octanol–water partition coefficient (Wildman–Crippen LogP) is 2.91. The van der Waals surface area contributed by atoms with Crippen LogP contribution < -0.4 is 5.32 Å². The molecular weight excluding hydrogens is 290 g/mol. The third-order valence-electron chi connectivity index (χ3n) is 3.97. The summed E-state index contributed by atoms with van der Waals surface area (Å²) < 4.78 is 0. The highest BCUT2D eigenvalue weighted by molar-refractivity contribution is 5.74. The molecule has 0 bridgehead atoms. The van der Waals surface area contributed by atoms with Gasteiger partial charge in [-0.3, -0.25) is 4.98 Å². The first kappa shape index (κ1) is 15.3. The van der Waals surface area contributed by atoms with Crippen molar-refractivity contribution < 1.29 is 9.90 Å². The van der Waals surface area contributed by atoms with Gasteiger partial charge in [-0.05, 0) is 54.2 Å². The molecule has 0 spiro atoms. The maximum atomic E-state index is 12.5. The fourth-order valence-electron chi connectivity index (χ4n) is 2.44. The van der Waals surface area contributed by atoms with Crippen molar-refractivity contribution in [3.63, 3.8) is 0 Å². The quantitative estimate of drug-likeness (QED) is 0.862. The van der Waals surface area contributed by atoms with Gasteiger partial charge in [0, 0.05) is 32.0 Å². The minimum atomic E-state index is -0.0539. The zero-order valence-corrected chi connectivity index (χ0v) is 13.0. The molecule has 5 heteroatoms. The van der Waals surface area contributed by atoms with E-state index in [0.717, 1.165) is 17.7 Å². The van der Waals surface area contributed by atoms with Gasteiger partial charge in [0.1, 0.15) is 5.75 Å². The van der Waals surface area contributed by atoms with Crippen LogP contribution in [0.5, 0.6) is 5.75 Å². The summed E-state index contributed by atoms with van der Waals surface area (Å²) in [5, 5.41) is 12.3. The van der Waals surface area contributed by atoms with Gasteiger partial charge in [-0.25, -0.2) is 4.79 Å². The number of benzene rings is 1. The molecule has 0 radical (unpaired) electrons. The molecule has 0 aliphatic heterocycles. The standard InChI is InChI=1S/C18H21N3O2/c22-17-5-3-16(4-6-17)13-21(12-15-1-2-15)18(23)20-11-14-7-9-19-10-8-14/h3-10,15,22H,1-2,11-13H2,(H,20,23). The maximum Gasteiger partial charge on any atom is 0.317 e. The second-order valence-corrected chi connectivity index (χ2v) is 6.00. The molecule has 1 heterocycles. The van der Waals surface area contributed by atoms with Gasteiger partial charge >= 0.3 is 6.03 Å². The van der Waals surface area contributed by atoms with Crippen LogP contribution in [0.1, 0.15) is 24.0 Å². The number of amides is 2. The number of pyridine rings is 1. The topological polar surface area (TPSA) is 65.5 Å². The number of phenolic OH excluding ortho intramolecular Hbond substituents is 1. The van der Waals surface area contributed by atoms with Crippen molar-refractivity contribution in [2.45, 2.75) is 25.9 Å². The molecule has 0 saturated heterocycles. The Bertz CT molecular complexity index is 639. The minimum Gasteiger partial charge on any atom is -0.508 e. The zero-order chi connectivity index (χ0) is 16.1. The first-order valence-corrected chi connectivity index (χ1v) is 7.90. The highest BCUT2D eigenvalue weighted by Gasteiger charge is 2.26. The summed E-state index contributed by atoms with van der Waals surface area (Å²) >= 11 is 0. The number of carbonyl (C=O) groups is 1. The van der Waals surface area contributed by atoms with Crippen molar-refractivity contribution >= 4 is 6.03 Å². The van der Waals surface area contributed by atoms with Gasteiger partial charge in [-0.1, -0.05) is 12.1 Å². The van der Waals surface area contributed by atoms with Crippen LogP contribution in [0.25, 0.3) is 0 Å². The van der Waals surface area contributed by atoms with E-state index in [1.165, 1.54) is 12.8 Å². The fraction of sp³-hybridized carbons (Fsp3) is 0.333. The molecule has 5 nitrogen and oxygen atoms in total. The van der Waals surface area contributed by atoms with E-state index in [4.69, 9.17) is 0 Å². The Hall–Kier alpha value is -2.56. The van der Waals surface area contributed by atoms with Crippen molar-refractivity contribution in [1.82, 2.24) is 15.2 Å². The molecule has 2 aromatic rings. The monoisotopic (exact) mass is 311 g/mol. The van der Waals surface area contributed by atoms with Crippen molar-refractivity contribution in [1.29, 1.82) is 0 Å². The largest absolute Gasteiger partial charge is 0.508 e. The summed E-state index contributed by atoms with van der Waals surface area (Å²) in [5.41, 5.74) is 2.05. The lowest BCUT2D eigenvalue weighted by Gasteiger charge is -2.23. The summed E-state index contributed by atoms with van der Waals surface area (Å²) in [6, 6.07) is 10.7. The zero-order valence-electron chi connectivity index (χ0n) is 13.0. The van der Waals surface area contributed by atoms with Crippen LogP contribution in [-0.4, -0.2) is 27.6 Å². The Kier molecular flexibility index (Phi) is 4.76. The molecule has 2 N–H and O–H groups in total. The van der Waals surface area contributed by atoms with Crippen LogP contribution in [0.2, 0.25) is 0 Å². The predicted molar refractivity (Wildman–Crippen MR) is 87.7 cm³/mol. The van der Waals surface area contributed by atoms with E-state index >= 15 is 0 Å². The third kappa shape index (κ3) is 4.71. The Balaban J connectivity index is 1.60. The molecule has 0 unspecified atom stereocenters. The average Bonchev–Trinajstić information content (AvgIpc) is 3.39. The maximum absolute atomic E-state index is 12.5. The summed E-state index contributed by atoms with van der Waals surface area (Å²) in [6.45, 7) is 1.83. The number of hydrogen-bond acceptors (Lipinski definition) is 3. The van der Waals surface area contributed by atoms with E-state index in [0.29, 0.717) is 19.0 Å². The molecule has 3 rings (SSSR count). The molecule has 1 aromatic carbocycles. The van der Waals surface area contributed by atoms with E-state index in [2.05, 4.69) is 10.3 Å². The summed E-state index contributed by atoms with van der Waals surface area (Å²) in [5.74, 6) is 0.864. The van der Waals surface area contributed by atoms with Gasteiger partial charge in [0.2, 0.25) is 0 Å². The van der Waals surface area contributed by atoms with Crippen molar-refractivity contribution in [2.24, 2.45) is 5.92 Å². The Labute approximate surface area is 136 Å². The number of urea groups is 1.